The van der Waals surface area contributed by atoms with Crippen LogP contribution in [0, 0.1) is 0 Å². The molecule has 0 heterocycles. The normalized spacial score (nSPS) is 10.1. The first kappa shape index (κ1) is 12.0. The van der Waals surface area contributed by atoms with Gasteiger partial charge in [0.25, 0.3) is 0 Å². The standard InChI is InChI=1S/C11H15ClN2O/c1-8(15)14-7-10-5-9(6-13-2)3-4-11(10)12/h3-5,13H,6-7H2,1-2H3,(H,14,15). The number of carbonyl (C=O) groups excluding carboxylic acids is 1. The predicted molar refractivity (Wildman–Crippen MR) is 61.7 cm³/mol. The third kappa shape index (κ3) is 3.90. The van der Waals surface area contributed by atoms with Crippen LogP contribution in [0.2, 0.25) is 5.02 Å². The second-order valence-corrected chi connectivity index (χ2v) is 3.77. The van der Waals surface area contributed by atoms with Gasteiger partial charge in [0.1, 0.15) is 0 Å². The fraction of sp³-hybridized carbons (Fsp3) is 0.364. The largest absolute Gasteiger partial charge is 0.352 e. The zero-order valence-electron chi connectivity index (χ0n) is 8.93. The van der Waals surface area contributed by atoms with E-state index in [1.165, 1.54) is 6.92 Å². The van der Waals surface area contributed by atoms with Gasteiger partial charge in [-0.2, -0.15) is 0 Å². The highest BCUT2D eigenvalue weighted by Crippen LogP contribution is 2.17. The van der Waals surface area contributed by atoms with Gasteiger partial charge < -0.3 is 10.6 Å². The molecule has 1 rings (SSSR count). The molecule has 0 aromatic heterocycles. The molecule has 0 aliphatic carbocycles. The van der Waals surface area contributed by atoms with Gasteiger partial charge in [0.2, 0.25) is 5.91 Å². The Morgan fingerprint density at radius 1 is 1.40 bits per heavy atom. The van der Waals surface area contributed by atoms with Crippen LogP contribution in [0.1, 0.15) is 18.1 Å². The van der Waals surface area contributed by atoms with Crippen LogP contribution in [0.3, 0.4) is 0 Å². The van der Waals surface area contributed by atoms with Crippen molar-refractivity contribution in [3.05, 3.63) is 34.3 Å². The Morgan fingerprint density at radius 2 is 2.13 bits per heavy atom. The van der Waals surface area contributed by atoms with E-state index in [-0.39, 0.29) is 5.91 Å². The van der Waals surface area contributed by atoms with Gasteiger partial charge in [-0.1, -0.05) is 23.7 Å². The van der Waals surface area contributed by atoms with E-state index in [9.17, 15) is 4.79 Å². The van der Waals surface area contributed by atoms with Crippen molar-refractivity contribution < 1.29 is 4.79 Å². The van der Waals surface area contributed by atoms with Crippen LogP contribution in [-0.4, -0.2) is 13.0 Å². The van der Waals surface area contributed by atoms with Gasteiger partial charge in [-0.25, -0.2) is 0 Å². The number of nitrogens with one attached hydrogen (secondary N) is 2. The molecule has 2 N–H and O–H groups in total. The van der Waals surface area contributed by atoms with Crippen LogP contribution in [0.15, 0.2) is 18.2 Å². The van der Waals surface area contributed by atoms with Crippen LogP contribution < -0.4 is 10.6 Å². The van der Waals surface area contributed by atoms with E-state index in [0.29, 0.717) is 11.6 Å². The molecule has 1 aromatic rings. The third-order valence-corrected chi connectivity index (χ3v) is 2.39. The molecule has 0 spiro atoms. The van der Waals surface area contributed by atoms with Gasteiger partial charge in [-0.05, 0) is 24.2 Å². The van der Waals surface area contributed by atoms with Gasteiger partial charge in [0.05, 0.1) is 0 Å². The summed E-state index contributed by atoms with van der Waals surface area (Å²) in [6.07, 6.45) is 0. The highest BCUT2D eigenvalue weighted by molar-refractivity contribution is 6.31. The summed E-state index contributed by atoms with van der Waals surface area (Å²) < 4.78 is 0. The minimum atomic E-state index is -0.0508. The van der Waals surface area contributed by atoms with Gasteiger partial charge in [-0.15, -0.1) is 0 Å². The van der Waals surface area contributed by atoms with E-state index in [1.807, 2.05) is 25.2 Å². The average Bonchev–Trinajstić information content (AvgIpc) is 2.19. The maximum Gasteiger partial charge on any atom is 0.217 e. The molecule has 0 aliphatic rings. The number of halogens is 1. The second kappa shape index (κ2) is 5.73. The average molecular weight is 227 g/mol. The molecule has 0 radical (unpaired) electrons. The molecular formula is C11H15ClN2O. The highest BCUT2D eigenvalue weighted by Gasteiger charge is 2.02. The summed E-state index contributed by atoms with van der Waals surface area (Å²) in [7, 11) is 1.89. The topological polar surface area (TPSA) is 41.1 Å². The van der Waals surface area contributed by atoms with Crippen molar-refractivity contribution in [1.29, 1.82) is 0 Å². The fourth-order valence-corrected chi connectivity index (χ4v) is 1.48. The molecule has 82 valence electrons. The first-order valence-corrected chi connectivity index (χ1v) is 5.17. The van der Waals surface area contributed by atoms with Crippen molar-refractivity contribution >= 4 is 17.5 Å². The van der Waals surface area contributed by atoms with Crippen LogP contribution in [0.5, 0.6) is 0 Å². The van der Waals surface area contributed by atoms with E-state index in [4.69, 9.17) is 11.6 Å². The van der Waals surface area contributed by atoms with E-state index >= 15 is 0 Å². The molecule has 0 atom stereocenters. The lowest BCUT2D eigenvalue weighted by molar-refractivity contribution is -0.119. The van der Waals surface area contributed by atoms with Crippen molar-refractivity contribution in [2.45, 2.75) is 20.0 Å². The molecular weight excluding hydrogens is 212 g/mol. The Labute approximate surface area is 94.8 Å². The number of carbonyl (C=O) groups is 1. The van der Waals surface area contributed by atoms with E-state index in [0.717, 1.165) is 17.7 Å². The molecule has 0 saturated heterocycles. The molecule has 0 aliphatic heterocycles. The molecule has 0 unspecified atom stereocenters. The quantitative estimate of drug-likeness (QED) is 0.821. The monoisotopic (exact) mass is 226 g/mol. The van der Waals surface area contributed by atoms with Crippen LogP contribution in [0.25, 0.3) is 0 Å². The summed E-state index contributed by atoms with van der Waals surface area (Å²) in [6, 6.07) is 5.82. The molecule has 0 saturated carbocycles. The summed E-state index contributed by atoms with van der Waals surface area (Å²) >= 11 is 6.01. The molecule has 0 bridgehead atoms. The molecule has 1 amide bonds. The Balaban J connectivity index is 2.75. The number of hydrogen-bond acceptors (Lipinski definition) is 2. The molecule has 1 aromatic carbocycles. The van der Waals surface area contributed by atoms with E-state index < -0.39 is 0 Å². The van der Waals surface area contributed by atoms with E-state index in [2.05, 4.69) is 10.6 Å². The minimum Gasteiger partial charge on any atom is -0.352 e. The zero-order valence-corrected chi connectivity index (χ0v) is 9.69. The second-order valence-electron chi connectivity index (χ2n) is 3.37. The van der Waals surface area contributed by atoms with Crippen molar-refractivity contribution in [1.82, 2.24) is 10.6 Å². The van der Waals surface area contributed by atoms with Crippen molar-refractivity contribution in [3.63, 3.8) is 0 Å². The number of amides is 1. The Kier molecular flexibility index (Phi) is 4.59. The van der Waals surface area contributed by atoms with Crippen LogP contribution in [0.4, 0.5) is 0 Å². The Bertz CT molecular complexity index is 352. The molecule has 4 heteroatoms. The third-order valence-electron chi connectivity index (χ3n) is 2.02. The Hall–Kier alpha value is -1.06. The summed E-state index contributed by atoms with van der Waals surface area (Å²) in [5, 5.41) is 6.48. The molecule has 0 fully saturated rings. The van der Waals surface area contributed by atoms with Crippen LogP contribution in [-0.2, 0) is 17.9 Å². The summed E-state index contributed by atoms with van der Waals surface area (Å²) in [6.45, 7) is 2.77. The fourth-order valence-electron chi connectivity index (χ4n) is 1.30. The zero-order chi connectivity index (χ0) is 11.3. The van der Waals surface area contributed by atoms with E-state index in [1.54, 1.807) is 0 Å². The lowest BCUT2D eigenvalue weighted by Gasteiger charge is -2.07. The van der Waals surface area contributed by atoms with Gasteiger partial charge in [-0.3, -0.25) is 4.79 Å². The first-order chi connectivity index (χ1) is 7.13. The number of hydrogen-bond donors (Lipinski definition) is 2. The lowest BCUT2D eigenvalue weighted by Crippen LogP contribution is -2.19. The number of benzene rings is 1. The van der Waals surface area contributed by atoms with Crippen molar-refractivity contribution in [2.24, 2.45) is 0 Å². The van der Waals surface area contributed by atoms with Crippen molar-refractivity contribution in [3.8, 4) is 0 Å². The van der Waals surface area contributed by atoms with Crippen LogP contribution >= 0.6 is 11.6 Å². The number of rotatable bonds is 4. The maximum absolute atomic E-state index is 10.8. The summed E-state index contributed by atoms with van der Waals surface area (Å²) in [4.78, 5) is 10.8. The Morgan fingerprint density at radius 3 is 2.73 bits per heavy atom. The van der Waals surface area contributed by atoms with Gasteiger partial charge in [0.15, 0.2) is 0 Å². The molecule has 3 nitrogen and oxygen atoms in total. The first-order valence-electron chi connectivity index (χ1n) is 4.80. The van der Waals surface area contributed by atoms with Gasteiger partial charge >= 0.3 is 0 Å². The highest BCUT2D eigenvalue weighted by atomic mass is 35.5. The molecule has 15 heavy (non-hydrogen) atoms. The summed E-state index contributed by atoms with van der Waals surface area (Å²) in [5.41, 5.74) is 2.10. The van der Waals surface area contributed by atoms with Gasteiger partial charge in [0, 0.05) is 25.0 Å². The minimum absolute atomic E-state index is 0.0508. The SMILES string of the molecule is CNCc1ccc(Cl)c(CNC(C)=O)c1. The summed E-state index contributed by atoms with van der Waals surface area (Å²) in [5.74, 6) is -0.0508. The smallest absolute Gasteiger partial charge is 0.217 e. The predicted octanol–water partition coefficient (Wildman–Crippen LogP) is 1.70. The maximum atomic E-state index is 10.8. The van der Waals surface area contributed by atoms with Crippen molar-refractivity contribution in [2.75, 3.05) is 7.05 Å². The lowest BCUT2D eigenvalue weighted by atomic mass is 10.1.